The van der Waals surface area contributed by atoms with Crippen LogP contribution in [-0.2, 0) is 4.79 Å². The van der Waals surface area contributed by atoms with Crippen LogP contribution in [0.4, 0.5) is 4.79 Å². The van der Waals surface area contributed by atoms with Crippen LogP contribution in [0.5, 0.6) is 0 Å². The summed E-state index contributed by atoms with van der Waals surface area (Å²) in [5.74, 6) is 0.498. The smallest absolute Gasteiger partial charge is 0.317 e. The molecule has 21 heavy (non-hydrogen) atoms. The summed E-state index contributed by atoms with van der Waals surface area (Å²) in [5.41, 5.74) is 0. The molecule has 1 saturated heterocycles. The van der Waals surface area contributed by atoms with Crippen LogP contribution in [-0.4, -0.2) is 42.0 Å². The number of hydrogen-bond acceptors (Lipinski definition) is 2. The lowest BCUT2D eigenvalue weighted by atomic mass is 9.96. The third-order valence-electron chi connectivity index (χ3n) is 4.92. The first-order chi connectivity index (χ1) is 10.2. The van der Waals surface area contributed by atoms with E-state index in [2.05, 4.69) is 10.6 Å². The number of nitrogens with zero attached hydrogens (tertiary/aromatic N) is 1. The van der Waals surface area contributed by atoms with Gasteiger partial charge in [0, 0.05) is 31.6 Å². The van der Waals surface area contributed by atoms with Crippen LogP contribution in [0.15, 0.2) is 0 Å². The summed E-state index contributed by atoms with van der Waals surface area (Å²) < 4.78 is 0. The molecule has 3 amide bonds. The fraction of sp³-hybridized carbons (Fsp3) is 0.875. The van der Waals surface area contributed by atoms with Crippen molar-refractivity contribution in [2.24, 2.45) is 5.92 Å². The Balaban J connectivity index is 1.38. The summed E-state index contributed by atoms with van der Waals surface area (Å²) in [7, 11) is 0. The van der Waals surface area contributed by atoms with E-state index in [9.17, 15) is 9.59 Å². The Bertz CT molecular complexity index is 389. The summed E-state index contributed by atoms with van der Waals surface area (Å²) in [6, 6.07) is 0.875. The van der Waals surface area contributed by atoms with E-state index in [1.807, 2.05) is 4.90 Å². The van der Waals surface area contributed by atoms with Gasteiger partial charge in [-0.05, 0) is 38.0 Å². The predicted octanol–water partition coefficient (Wildman–Crippen LogP) is 2.02. The SMILES string of the molecule is O=C(CC1CCN(C(=O)NC2CCCCC2)C1)NC1CC1. The number of carbonyl (C=O) groups excluding carboxylic acids is 2. The monoisotopic (exact) mass is 293 g/mol. The highest BCUT2D eigenvalue weighted by atomic mass is 16.2. The van der Waals surface area contributed by atoms with Crippen molar-refractivity contribution < 1.29 is 9.59 Å². The zero-order valence-corrected chi connectivity index (χ0v) is 12.8. The lowest BCUT2D eigenvalue weighted by Gasteiger charge is -2.26. The first kappa shape index (κ1) is 14.7. The van der Waals surface area contributed by atoms with E-state index in [4.69, 9.17) is 0 Å². The van der Waals surface area contributed by atoms with E-state index in [0.29, 0.717) is 24.4 Å². The van der Waals surface area contributed by atoms with Crippen molar-refractivity contribution in [2.75, 3.05) is 13.1 Å². The average Bonchev–Trinajstić information content (AvgIpc) is 3.15. The molecule has 118 valence electrons. The molecule has 1 aliphatic heterocycles. The zero-order chi connectivity index (χ0) is 14.7. The minimum absolute atomic E-state index is 0.0759. The van der Waals surface area contributed by atoms with Gasteiger partial charge in [-0.15, -0.1) is 0 Å². The van der Waals surface area contributed by atoms with Crippen molar-refractivity contribution in [1.82, 2.24) is 15.5 Å². The van der Waals surface area contributed by atoms with Gasteiger partial charge in [0.1, 0.15) is 0 Å². The molecule has 0 radical (unpaired) electrons. The van der Waals surface area contributed by atoms with Crippen LogP contribution in [0.3, 0.4) is 0 Å². The van der Waals surface area contributed by atoms with Crippen molar-refractivity contribution in [2.45, 2.75) is 69.9 Å². The second-order valence-electron chi connectivity index (χ2n) is 6.93. The Morgan fingerprint density at radius 1 is 0.905 bits per heavy atom. The molecule has 3 aliphatic rings. The topological polar surface area (TPSA) is 61.4 Å². The third-order valence-corrected chi connectivity index (χ3v) is 4.92. The molecule has 3 fully saturated rings. The van der Waals surface area contributed by atoms with Crippen molar-refractivity contribution in [1.29, 1.82) is 0 Å². The molecule has 0 aromatic carbocycles. The normalized spacial score (nSPS) is 26.7. The highest BCUT2D eigenvalue weighted by Crippen LogP contribution is 2.23. The van der Waals surface area contributed by atoms with Crippen LogP contribution in [0.1, 0.15) is 57.8 Å². The third kappa shape index (κ3) is 4.35. The molecule has 0 aromatic rings. The maximum Gasteiger partial charge on any atom is 0.317 e. The van der Waals surface area contributed by atoms with Crippen molar-refractivity contribution >= 4 is 11.9 Å². The first-order valence-corrected chi connectivity index (χ1v) is 8.55. The van der Waals surface area contributed by atoms with Gasteiger partial charge in [0.05, 0.1) is 0 Å². The Kier molecular flexibility index (Phi) is 4.66. The Morgan fingerprint density at radius 2 is 1.62 bits per heavy atom. The van der Waals surface area contributed by atoms with E-state index >= 15 is 0 Å². The van der Waals surface area contributed by atoms with Crippen LogP contribution in [0.2, 0.25) is 0 Å². The molecule has 1 atom stereocenters. The highest BCUT2D eigenvalue weighted by molar-refractivity contribution is 5.77. The Morgan fingerprint density at radius 3 is 2.33 bits per heavy atom. The van der Waals surface area contributed by atoms with Crippen LogP contribution in [0.25, 0.3) is 0 Å². The van der Waals surface area contributed by atoms with Gasteiger partial charge in [0.15, 0.2) is 0 Å². The van der Waals surface area contributed by atoms with Crippen molar-refractivity contribution in [3.05, 3.63) is 0 Å². The number of nitrogens with one attached hydrogen (secondary N) is 2. The van der Waals surface area contributed by atoms with Crippen LogP contribution in [0, 0.1) is 5.92 Å². The van der Waals surface area contributed by atoms with Gasteiger partial charge in [-0.2, -0.15) is 0 Å². The van der Waals surface area contributed by atoms with Gasteiger partial charge < -0.3 is 15.5 Å². The molecule has 3 rings (SSSR count). The molecule has 2 saturated carbocycles. The molecule has 1 unspecified atom stereocenters. The van der Waals surface area contributed by atoms with Crippen molar-refractivity contribution in [3.63, 3.8) is 0 Å². The number of urea groups is 1. The lowest BCUT2D eigenvalue weighted by Crippen LogP contribution is -2.44. The molecule has 0 bridgehead atoms. The number of carbonyl (C=O) groups is 2. The molecule has 0 spiro atoms. The molecule has 2 N–H and O–H groups in total. The maximum atomic E-state index is 12.2. The minimum atomic E-state index is 0.0759. The molecule has 0 aromatic heterocycles. The molecule has 2 aliphatic carbocycles. The first-order valence-electron chi connectivity index (χ1n) is 8.55. The molecule has 1 heterocycles. The second kappa shape index (κ2) is 6.67. The van der Waals surface area contributed by atoms with Crippen LogP contribution < -0.4 is 10.6 Å². The van der Waals surface area contributed by atoms with E-state index in [1.54, 1.807) is 0 Å². The molecule has 5 nitrogen and oxygen atoms in total. The van der Waals surface area contributed by atoms with E-state index in [0.717, 1.165) is 45.2 Å². The minimum Gasteiger partial charge on any atom is -0.353 e. The summed E-state index contributed by atoms with van der Waals surface area (Å²) in [4.78, 5) is 26.0. The van der Waals surface area contributed by atoms with Gasteiger partial charge in [-0.1, -0.05) is 19.3 Å². The summed E-state index contributed by atoms with van der Waals surface area (Å²) in [6.45, 7) is 1.52. The summed E-state index contributed by atoms with van der Waals surface area (Å²) in [5, 5.41) is 6.20. The molecule has 5 heteroatoms. The lowest BCUT2D eigenvalue weighted by molar-refractivity contribution is -0.122. The van der Waals surface area contributed by atoms with Gasteiger partial charge in [-0.3, -0.25) is 4.79 Å². The Labute approximate surface area is 126 Å². The fourth-order valence-electron chi connectivity index (χ4n) is 3.47. The quantitative estimate of drug-likeness (QED) is 0.833. The molecular weight excluding hydrogens is 266 g/mol. The Hall–Kier alpha value is -1.26. The maximum absolute atomic E-state index is 12.2. The highest BCUT2D eigenvalue weighted by Gasteiger charge is 2.30. The van der Waals surface area contributed by atoms with Gasteiger partial charge in [0.25, 0.3) is 0 Å². The number of hydrogen-bond donors (Lipinski definition) is 2. The van der Waals surface area contributed by atoms with E-state index < -0.39 is 0 Å². The summed E-state index contributed by atoms with van der Waals surface area (Å²) >= 11 is 0. The standard InChI is InChI=1S/C16H27N3O2/c20-15(17-14-6-7-14)10-12-8-9-19(11-12)16(21)18-13-4-2-1-3-5-13/h12-14H,1-11H2,(H,17,20)(H,18,21). The van der Waals surface area contributed by atoms with Gasteiger partial charge in [0.2, 0.25) is 5.91 Å². The van der Waals surface area contributed by atoms with E-state index in [-0.39, 0.29) is 11.9 Å². The van der Waals surface area contributed by atoms with Crippen molar-refractivity contribution in [3.8, 4) is 0 Å². The second-order valence-corrected chi connectivity index (χ2v) is 6.93. The largest absolute Gasteiger partial charge is 0.353 e. The average molecular weight is 293 g/mol. The number of rotatable bonds is 4. The summed E-state index contributed by atoms with van der Waals surface area (Å²) in [6.07, 6.45) is 9.79. The number of amides is 3. The number of likely N-dealkylation sites (tertiary alicyclic amines) is 1. The fourth-order valence-corrected chi connectivity index (χ4v) is 3.47. The van der Waals surface area contributed by atoms with Gasteiger partial charge >= 0.3 is 6.03 Å². The zero-order valence-electron chi connectivity index (χ0n) is 12.8. The van der Waals surface area contributed by atoms with E-state index in [1.165, 1.54) is 19.3 Å². The predicted molar refractivity (Wildman–Crippen MR) is 80.9 cm³/mol. The molecular formula is C16H27N3O2. The van der Waals surface area contributed by atoms with Gasteiger partial charge in [-0.25, -0.2) is 4.79 Å². The van der Waals surface area contributed by atoms with Crippen LogP contribution >= 0.6 is 0 Å².